The van der Waals surface area contributed by atoms with Crippen LogP contribution < -0.4 is 0 Å². The summed E-state index contributed by atoms with van der Waals surface area (Å²) < 4.78 is 0. The van der Waals surface area contributed by atoms with Gasteiger partial charge >= 0.3 is 5.97 Å². The van der Waals surface area contributed by atoms with Gasteiger partial charge in [0, 0.05) is 6.54 Å². The molecule has 1 N–H and O–H groups in total. The third-order valence-electron chi connectivity index (χ3n) is 2.86. The quantitative estimate of drug-likeness (QED) is 0.839. The van der Waals surface area contributed by atoms with Gasteiger partial charge < -0.3 is 10.0 Å². The molecule has 1 aromatic heterocycles. The highest BCUT2D eigenvalue weighted by atomic mass is 32.1. The number of carboxylic acids is 1. The SMILES string of the molecule is CC1CCN(C(=O)c2cncs2)C1C(=O)O. The molecule has 1 aliphatic rings. The lowest BCUT2D eigenvalue weighted by Gasteiger charge is -2.22. The number of carbonyl (C=O) groups excluding carboxylic acids is 1. The van der Waals surface area contributed by atoms with Gasteiger partial charge in [-0.15, -0.1) is 11.3 Å². The van der Waals surface area contributed by atoms with E-state index in [-0.39, 0.29) is 11.8 Å². The normalized spacial score (nSPS) is 24.7. The van der Waals surface area contributed by atoms with Gasteiger partial charge in [0.25, 0.3) is 5.91 Å². The van der Waals surface area contributed by atoms with Crippen LogP contribution in [0.25, 0.3) is 0 Å². The highest BCUT2D eigenvalue weighted by Gasteiger charge is 2.40. The Kier molecular flexibility index (Phi) is 2.91. The van der Waals surface area contributed by atoms with Crippen LogP contribution >= 0.6 is 11.3 Å². The van der Waals surface area contributed by atoms with E-state index in [1.165, 1.54) is 22.4 Å². The Morgan fingerprint density at radius 2 is 2.38 bits per heavy atom. The van der Waals surface area contributed by atoms with E-state index in [2.05, 4.69) is 4.98 Å². The van der Waals surface area contributed by atoms with Crippen molar-refractivity contribution in [3.63, 3.8) is 0 Å². The molecule has 0 saturated carbocycles. The maximum atomic E-state index is 12.0. The van der Waals surface area contributed by atoms with Gasteiger partial charge in [-0.25, -0.2) is 4.79 Å². The monoisotopic (exact) mass is 240 g/mol. The number of hydrogen-bond donors (Lipinski definition) is 1. The second-order valence-electron chi connectivity index (χ2n) is 3.91. The summed E-state index contributed by atoms with van der Waals surface area (Å²) >= 11 is 1.24. The first-order valence-corrected chi connectivity index (χ1v) is 5.91. The predicted octanol–water partition coefficient (Wildman–Crippen LogP) is 1.08. The summed E-state index contributed by atoms with van der Waals surface area (Å²) in [5.74, 6) is -1.14. The van der Waals surface area contributed by atoms with E-state index < -0.39 is 12.0 Å². The molecule has 16 heavy (non-hydrogen) atoms. The van der Waals surface area contributed by atoms with E-state index in [1.807, 2.05) is 6.92 Å². The van der Waals surface area contributed by atoms with E-state index in [0.717, 1.165) is 6.42 Å². The first-order valence-electron chi connectivity index (χ1n) is 5.03. The number of nitrogens with zero attached hydrogens (tertiary/aromatic N) is 2. The molecule has 0 aliphatic carbocycles. The minimum Gasteiger partial charge on any atom is -0.480 e. The number of rotatable bonds is 2. The van der Waals surface area contributed by atoms with E-state index in [9.17, 15) is 9.59 Å². The van der Waals surface area contributed by atoms with Crippen LogP contribution in [0.5, 0.6) is 0 Å². The number of carboxylic acid groups (broad SMARTS) is 1. The van der Waals surface area contributed by atoms with E-state index in [1.54, 1.807) is 5.51 Å². The molecule has 2 atom stereocenters. The summed E-state index contributed by atoms with van der Waals surface area (Å²) in [6.07, 6.45) is 2.22. The van der Waals surface area contributed by atoms with Crippen molar-refractivity contribution in [3.8, 4) is 0 Å². The predicted molar refractivity (Wildman–Crippen MR) is 58.4 cm³/mol. The molecule has 1 fully saturated rings. The first kappa shape index (κ1) is 11.1. The molecule has 1 aliphatic heterocycles. The van der Waals surface area contributed by atoms with Gasteiger partial charge in [0.2, 0.25) is 0 Å². The molecule has 0 radical (unpaired) electrons. The second-order valence-corrected chi connectivity index (χ2v) is 4.80. The lowest BCUT2D eigenvalue weighted by Crippen LogP contribution is -2.42. The van der Waals surface area contributed by atoms with Crippen LogP contribution in [-0.2, 0) is 4.79 Å². The maximum Gasteiger partial charge on any atom is 0.326 e. The van der Waals surface area contributed by atoms with Crippen LogP contribution in [0, 0.1) is 5.92 Å². The van der Waals surface area contributed by atoms with Gasteiger partial charge in [-0.3, -0.25) is 9.78 Å². The zero-order valence-corrected chi connectivity index (χ0v) is 9.61. The van der Waals surface area contributed by atoms with Crippen molar-refractivity contribution in [2.45, 2.75) is 19.4 Å². The molecule has 1 amide bonds. The number of amides is 1. The fraction of sp³-hybridized carbons (Fsp3) is 0.500. The van der Waals surface area contributed by atoms with Gasteiger partial charge in [0.1, 0.15) is 10.9 Å². The average molecular weight is 240 g/mol. The number of likely N-dealkylation sites (tertiary alicyclic amines) is 1. The van der Waals surface area contributed by atoms with Crippen LogP contribution in [0.2, 0.25) is 0 Å². The summed E-state index contributed by atoms with van der Waals surface area (Å²) in [5, 5.41) is 9.09. The minimum absolute atomic E-state index is 0.00868. The molecular weight excluding hydrogens is 228 g/mol. The largest absolute Gasteiger partial charge is 0.480 e. The number of aliphatic carboxylic acids is 1. The van der Waals surface area contributed by atoms with Gasteiger partial charge in [-0.05, 0) is 12.3 Å². The van der Waals surface area contributed by atoms with E-state index in [4.69, 9.17) is 5.11 Å². The van der Waals surface area contributed by atoms with Crippen molar-refractivity contribution >= 4 is 23.2 Å². The zero-order valence-electron chi connectivity index (χ0n) is 8.79. The number of thiazole rings is 1. The van der Waals surface area contributed by atoms with Gasteiger partial charge in [-0.1, -0.05) is 6.92 Å². The summed E-state index contributed by atoms with van der Waals surface area (Å²) in [5.41, 5.74) is 1.57. The van der Waals surface area contributed by atoms with Crippen molar-refractivity contribution in [2.75, 3.05) is 6.54 Å². The molecule has 6 heteroatoms. The first-order chi connectivity index (χ1) is 7.61. The lowest BCUT2D eigenvalue weighted by molar-refractivity contribution is -0.142. The van der Waals surface area contributed by atoms with Crippen molar-refractivity contribution in [2.24, 2.45) is 5.92 Å². The molecule has 2 unspecified atom stereocenters. The Balaban J connectivity index is 2.21. The highest BCUT2D eigenvalue weighted by molar-refractivity contribution is 7.11. The third kappa shape index (κ3) is 1.80. The zero-order chi connectivity index (χ0) is 11.7. The summed E-state index contributed by atoms with van der Waals surface area (Å²) in [6.45, 7) is 2.37. The molecule has 1 aromatic rings. The number of aromatic nitrogens is 1. The molecule has 86 valence electrons. The molecule has 0 bridgehead atoms. The summed E-state index contributed by atoms with van der Waals surface area (Å²) in [4.78, 5) is 28.9. The van der Waals surface area contributed by atoms with Crippen molar-refractivity contribution < 1.29 is 14.7 Å². The Hall–Kier alpha value is -1.43. The van der Waals surface area contributed by atoms with Crippen molar-refractivity contribution in [1.29, 1.82) is 0 Å². The lowest BCUT2D eigenvalue weighted by atomic mass is 10.0. The minimum atomic E-state index is -0.928. The smallest absolute Gasteiger partial charge is 0.326 e. The molecule has 0 spiro atoms. The van der Waals surface area contributed by atoms with Gasteiger partial charge in [0.05, 0.1) is 11.7 Å². The van der Waals surface area contributed by atoms with Crippen molar-refractivity contribution in [3.05, 3.63) is 16.6 Å². The Labute approximate surface area is 96.7 Å². The van der Waals surface area contributed by atoms with Crippen LogP contribution in [0.1, 0.15) is 23.0 Å². The topological polar surface area (TPSA) is 70.5 Å². The maximum absolute atomic E-state index is 12.0. The van der Waals surface area contributed by atoms with Crippen molar-refractivity contribution in [1.82, 2.24) is 9.88 Å². The summed E-state index contributed by atoms with van der Waals surface area (Å²) in [6, 6.07) is -0.699. The van der Waals surface area contributed by atoms with Gasteiger partial charge in [0.15, 0.2) is 0 Å². The second kappa shape index (κ2) is 4.21. The van der Waals surface area contributed by atoms with E-state index in [0.29, 0.717) is 11.4 Å². The average Bonchev–Trinajstić information content (AvgIpc) is 2.84. The Bertz CT molecular complexity index is 404. The van der Waals surface area contributed by atoms with Gasteiger partial charge in [-0.2, -0.15) is 0 Å². The highest BCUT2D eigenvalue weighted by Crippen LogP contribution is 2.26. The fourth-order valence-electron chi connectivity index (χ4n) is 2.01. The van der Waals surface area contributed by atoms with Crippen LogP contribution in [0.15, 0.2) is 11.7 Å². The Morgan fingerprint density at radius 3 is 2.94 bits per heavy atom. The molecule has 2 rings (SSSR count). The standard InChI is InChI=1S/C10H12N2O3S/c1-6-2-3-12(8(6)10(14)15)9(13)7-4-11-5-16-7/h4-6,8H,2-3H2,1H3,(H,14,15). The van der Waals surface area contributed by atoms with Crippen LogP contribution in [0.3, 0.4) is 0 Å². The molecule has 0 aromatic carbocycles. The third-order valence-corrected chi connectivity index (χ3v) is 3.62. The van der Waals surface area contributed by atoms with E-state index >= 15 is 0 Å². The summed E-state index contributed by atoms with van der Waals surface area (Å²) in [7, 11) is 0. The van der Waals surface area contributed by atoms with Crippen LogP contribution in [0.4, 0.5) is 0 Å². The number of hydrogen-bond acceptors (Lipinski definition) is 4. The fourth-order valence-corrected chi connectivity index (χ4v) is 2.59. The Morgan fingerprint density at radius 1 is 1.62 bits per heavy atom. The molecule has 5 nitrogen and oxygen atoms in total. The number of carbonyl (C=O) groups is 2. The molecular formula is C10H12N2O3S. The van der Waals surface area contributed by atoms with Crippen LogP contribution in [-0.4, -0.2) is 39.5 Å². The molecule has 2 heterocycles. The molecule has 1 saturated heterocycles.